The molecule has 3 rings (SSSR count). The van der Waals surface area contributed by atoms with E-state index in [0.717, 1.165) is 11.3 Å². The summed E-state index contributed by atoms with van der Waals surface area (Å²) in [6.07, 6.45) is 1.74. The summed E-state index contributed by atoms with van der Waals surface area (Å²) in [6, 6.07) is 15.7. The molecule has 1 heterocycles. The van der Waals surface area contributed by atoms with Gasteiger partial charge in [-0.25, -0.2) is 4.98 Å². The van der Waals surface area contributed by atoms with E-state index in [4.69, 9.17) is 14.2 Å². The van der Waals surface area contributed by atoms with Crippen LogP contribution in [0.25, 0.3) is 22.9 Å². The second-order valence-corrected chi connectivity index (χ2v) is 6.36. The highest BCUT2D eigenvalue weighted by Crippen LogP contribution is 2.41. The van der Waals surface area contributed by atoms with Crippen LogP contribution in [-0.4, -0.2) is 26.3 Å². The van der Waals surface area contributed by atoms with Crippen LogP contribution in [0.1, 0.15) is 10.6 Å². The maximum Gasteiger partial charge on any atom is 0.203 e. The first-order chi connectivity index (χ1) is 13.2. The molecule has 0 radical (unpaired) electrons. The number of nitriles is 1. The van der Waals surface area contributed by atoms with Gasteiger partial charge in [-0.15, -0.1) is 11.3 Å². The largest absolute Gasteiger partial charge is 0.493 e. The smallest absolute Gasteiger partial charge is 0.203 e. The van der Waals surface area contributed by atoms with E-state index in [2.05, 4.69) is 11.1 Å². The Kier molecular flexibility index (Phi) is 5.74. The first-order valence-electron chi connectivity index (χ1n) is 8.14. The predicted molar refractivity (Wildman–Crippen MR) is 107 cm³/mol. The standard InChI is InChI=1S/C21H18N2O3S/c1-24-18-10-9-15(19(25-2)20(18)26-3)11-16(12-22)21-23-17(13-27-21)14-7-5-4-6-8-14/h4-11,13H,1-3H3. The number of methoxy groups -OCH3 is 3. The lowest BCUT2D eigenvalue weighted by Crippen LogP contribution is -1.97. The van der Waals surface area contributed by atoms with Crippen LogP contribution in [0.3, 0.4) is 0 Å². The average Bonchev–Trinajstić information content (AvgIpc) is 3.21. The topological polar surface area (TPSA) is 64.4 Å². The van der Waals surface area contributed by atoms with Crippen molar-refractivity contribution in [1.82, 2.24) is 4.98 Å². The summed E-state index contributed by atoms with van der Waals surface area (Å²) in [5.74, 6) is 1.55. The monoisotopic (exact) mass is 378 g/mol. The Morgan fingerprint density at radius 1 is 1.00 bits per heavy atom. The fraction of sp³-hybridized carbons (Fsp3) is 0.143. The third-order valence-electron chi connectivity index (χ3n) is 3.96. The number of nitrogens with zero attached hydrogens (tertiary/aromatic N) is 2. The molecule has 27 heavy (non-hydrogen) atoms. The Bertz CT molecular complexity index is 1000. The van der Waals surface area contributed by atoms with Gasteiger partial charge in [-0.05, 0) is 18.2 Å². The van der Waals surface area contributed by atoms with Crippen molar-refractivity contribution in [2.75, 3.05) is 21.3 Å². The van der Waals surface area contributed by atoms with Crippen LogP contribution in [-0.2, 0) is 0 Å². The molecule has 0 N–H and O–H groups in total. The number of hydrogen-bond donors (Lipinski definition) is 0. The van der Waals surface area contributed by atoms with Gasteiger partial charge in [0.15, 0.2) is 11.5 Å². The molecular weight excluding hydrogens is 360 g/mol. The fourth-order valence-electron chi connectivity index (χ4n) is 2.67. The highest BCUT2D eigenvalue weighted by atomic mass is 32.1. The molecule has 0 saturated carbocycles. The summed E-state index contributed by atoms with van der Waals surface area (Å²) < 4.78 is 16.2. The van der Waals surface area contributed by atoms with Crippen molar-refractivity contribution in [1.29, 1.82) is 5.26 Å². The number of allylic oxidation sites excluding steroid dienone is 1. The van der Waals surface area contributed by atoms with Gasteiger partial charge in [-0.2, -0.15) is 5.26 Å². The minimum absolute atomic E-state index is 0.452. The zero-order chi connectivity index (χ0) is 19.2. The molecule has 0 aliphatic rings. The second-order valence-electron chi connectivity index (χ2n) is 5.50. The van der Waals surface area contributed by atoms with Crippen LogP contribution >= 0.6 is 11.3 Å². The van der Waals surface area contributed by atoms with Crippen LogP contribution in [0.4, 0.5) is 0 Å². The summed E-state index contributed by atoms with van der Waals surface area (Å²) in [5.41, 5.74) is 3.02. The molecule has 2 aromatic carbocycles. The van der Waals surface area contributed by atoms with E-state index in [0.29, 0.717) is 33.4 Å². The number of benzene rings is 2. The van der Waals surface area contributed by atoms with Gasteiger partial charge < -0.3 is 14.2 Å². The van der Waals surface area contributed by atoms with Gasteiger partial charge in [0.1, 0.15) is 11.1 Å². The zero-order valence-corrected chi connectivity index (χ0v) is 16.0. The van der Waals surface area contributed by atoms with Gasteiger partial charge in [0.25, 0.3) is 0 Å². The van der Waals surface area contributed by atoms with E-state index in [9.17, 15) is 5.26 Å². The minimum atomic E-state index is 0.452. The van der Waals surface area contributed by atoms with Gasteiger partial charge in [-0.3, -0.25) is 0 Å². The van der Waals surface area contributed by atoms with Crippen LogP contribution < -0.4 is 14.2 Å². The number of rotatable bonds is 6. The van der Waals surface area contributed by atoms with E-state index < -0.39 is 0 Å². The number of hydrogen-bond acceptors (Lipinski definition) is 6. The van der Waals surface area contributed by atoms with Crippen LogP contribution in [0, 0.1) is 11.3 Å². The molecular formula is C21H18N2O3S. The first kappa shape index (κ1) is 18.5. The number of aromatic nitrogens is 1. The second kappa shape index (κ2) is 8.39. The zero-order valence-electron chi connectivity index (χ0n) is 15.2. The molecule has 0 bridgehead atoms. The van der Waals surface area contributed by atoms with Crippen molar-refractivity contribution >= 4 is 23.0 Å². The van der Waals surface area contributed by atoms with Crippen molar-refractivity contribution in [2.45, 2.75) is 0 Å². The molecule has 0 atom stereocenters. The third-order valence-corrected chi connectivity index (χ3v) is 4.83. The predicted octanol–water partition coefficient (Wildman–Crippen LogP) is 4.90. The number of thiazole rings is 1. The summed E-state index contributed by atoms with van der Waals surface area (Å²) in [4.78, 5) is 4.61. The van der Waals surface area contributed by atoms with E-state index in [1.54, 1.807) is 33.5 Å². The lowest BCUT2D eigenvalue weighted by atomic mass is 10.1. The molecule has 3 aromatic rings. The SMILES string of the molecule is COc1ccc(C=C(C#N)c2nc(-c3ccccc3)cs2)c(OC)c1OC. The molecule has 0 unspecified atom stereocenters. The van der Waals surface area contributed by atoms with Crippen LogP contribution in [0.15, 0.2) is 47.8 Å². The quantitative estimate of drug-likeness (QED) is 0.571. The van der Waals surface area contributed by atoms with Crippen LogP contribution in [0.5, 0.6) is 17.2 Å². The minimum Gasteiger partial charge on any atom is -0.493 e. The van der Waals surface area contributed by atoms with E-state index >= 15 is 0 Å². The van der Waals surface area contributed by atoms with Crippen molar-refractivity contribution in [3.05, 3.63) is 58.4 Å². The van der Waals surface area contributed by atoms with Gasteiger partial charge in [-0.1, -0.05) is 30.3 Å². The molecule has 0 spiro atoms. The first-order valence-corrected chi connectivity index (χ1v) is 9.01. The summed E-state index contributed by atoms with van der Waals surface area (Å²) in [7, 11) is 4.66. The van der Waals surface area contributed by atoms with E-state index in [1.165, 1.54) is 11.3 Å². The van der Waals surface area contributed by atoms with E-state index in [-0.39, 0.29) is 0 Å². The Balaban J connectivity index is 2.03. The van der Waals surface area contributed by atoms with E-state index in [1.807, 2.05) is 41.8 Å². The van der Waals surface area contributed by atoms with Gasteiger partial charge in [0, 0.05) is 16.5 Å². The molecule has 6 heteroatoms. The Morgan fingerprint density at radius 2 is 1.74 bits per heavy atom. The molecule has 0 fully saturated rings. The highest BCUT2D eigenvalue weighted by molar-refractivity contribution is 7.11. The Labute approximate surface area is 162 Å². The molecule has 1 aromatic heterocycles. The van der Waals surface area contributed by atoms with Gasteiger partial charge in [0.05, 0.1) is 32.6 Å². The van der Waals surface area contributed by atoms with Crippen LogP contribution in [0.2, 0.25) is 0 Å². The Morgan fingerprint density at radius 3 is 2.37 bits per heavy atom. The van der Waals surface area contributed by atoms with Crippen molar-refractivity contribution in [2.24, 2.45) is 0 Å². The lowest BCUT2D eigenvalue weighted by Gasteiger charge is -2.14. The van der Waals surface area contributed by atoms with Crippen molar-refractivity contribution < 1.29 is 14.2 Å². The van der Waals surface area contributed by atoms with Gasteiger partial charge >= 0.3 is 0 Å². The molecule has 0 amide bonds. The molecule has 136 valence electrons. The molecule has 0 saturated heterocycles. The summed E-state index contributed by atoms with van der Waals surface area (Å²) in [5, 5.41) is 12.3. The van der Waals surface area contributed by atoms with Crippen molar-refractivity contribution in [3.8, 4) is 34.6 Å². The maximum absolute atomic E-state index is 9.66. The molecule has 0 aliphatic carbocycles. The lowest BCUT2D eigenvalue weighted by molar-refractivity contribution is 0.324. The molecule has 5 nitrogen and oxygen atoms in total. The Hall–Kier alpha value is -3.30. The molecule has 0 aliphatic heterocycles. The normalized spacial score (nSPS) is 11.0. The number of ether oxygens (including phenoxy) is 3. The third kappa shape index (κ3) is 3.78. The van der Waals surface area contributed by atoms with Gasteiger partial charge in [0.2, 0.25) is 5.75 Å². The summed E-state index contributed by atoms with van der Waals surface area (Å²) >= 11 is 1.43. The highest BCUT2D eigenvalue weighted by Gasteiger charge is 2.16. The fourth-order valence-corrected chi connectivity index (χ4v) is 3.47. The average molecular weight is 378 g/mol. The maximum atomic E-state index is 9.66. The van der Waals surface area contributed by atoms with Crippen molar-refractivity contribution in [3.63, 3.8) is 0 Å². The summed E-state index contributed by atoms with van der Waals surface area (Å²) in [6.45, 7) is 0.